The molecule has 11 heteroatoms. The number of nitrogens with zero attached hydrogens (tertiary/aromatic N) is 1. The van der Waals surface area contributed by atoms with E-state index in [0.29, 0.717) is 12.1 Å². The van der Waals surface area contributed by atoms with E-state index in [2.05, 4.69) is 15.6 Å². The van der Waals surface area contributed by atoms with Crippen LogP contribution in [0.2, 0.25) is 0 Å². The second-order valence-corrected chi connectivity index (χ2v) is 9.24. The van der Waals surface area contributed by atoms with Crippen LogP contribution in [0, 0.1) is 11.2 Å². The van der Waals surface area contributed by atoms with Crippen molar-refractivity contribution in [2.24, 2.45) is 21.9 Å². The second kappa shape index (κ2) is 11.5. The summed E-state index contributed by atoms with van der Waals surface area (Å²) in [5, 5.41) is 5.89. The second-order valence-electron chi connectivity index (χ2n) is 9.24. The highest BCUT2D eigenvalue weighted by Gasteiger charge is 2.30. The molecular formula is C24H31F4N5O2. The van der Waals surface area contributed by atoms with Gasteiger partial charge >= 0.3 is 6.18 Å². The standard InChI is InChI=1S/C24H31F4N5O2/c1-23(2,3)13-31-22(33-21(34)14-5-8-16(9-6-14)24(26,27)28)32-20(30)12-18(29)15-7-10-19(35-4)17(25)11-15/h5-11,18,20H,12-13,29-30H2,1-4H3,(H2,31,32,33,34). The van der Waals surface area contributed by atoms with E-state index in [1.807, 2.05) is 20.8 Å². The Balaban J connectivity index is 2.16. The van der Waals surface area contributed by atoms with Crippen molar-refractivity contribution in [1.29, 1.82) is 0 Å². The molecule has 0 spiro atoms. The third-order valence-corrected chi connectivity index (χ3v) is 4.89. The summed E-state index contributed by atoms with van der Waals surface area (Å²) in [5.41, 5.74) is 11.8. The molecule has 0 radical (unpaired) electrons. The van der Waals surface area contributed by atoms with Gasteiger partial charge in [0.25, 0.3) is 5.91 Å². The van der Waals surface area contributed by atoms with E-state index in [1.165, 1.54) is 19.2 Å². The van der Waals surface area contributed by atoms with Gasteiger partial charge in [0, 0.05) is 18.2 Å². The van der Waals surface area contributed by atoms with Crippen molar-refractivity contribution in [3.8, 4) is 5.75 Å². The number of hydrogen-bond acceptors (Lipinski definition) is 4. The molecule has 0 saturated heterocycles. The van der Waals surface area contributed by atoms with E-state index in [4.69, 9.17) is 16.2 Å². The molecule has 2 unspecified atom stereocenters. The lowest BCUT2D eigenvalue weighted by Gasteiger charge is -2.24. The topological polar surface area (TPSA) is 115 Å². The molecule has 2 aromatic carbocycles. The summed E-state index contributed by atoms with van der Waals surface area (Å²) in [6.07, 6.45) is -5.12. The third-order valence-electron chi connectivity index (χ3n) is 4.89. The van der Waals surface area contributed by atoms with Crippen LogP contribution in [0.25, 0.3) is 0 Å². The van der Waals surface area contributed by atoms with Gasteiger partial charge in [0.2, 0.25) is 5.96 Å². The largest absolute Gasteiger partial charge is 0.494 e. The van der Waals surface area contributed by atoms with Crippen molar-refractivity contribution in [1.82, 2.24) is 10.6 Å². The Morgan fingerprint density at radius 1 is 1.09 bits per heavy atom. The number of halogens is 4. The Bertz CT molecular complexity index is 1030. The Morgan fingerprint density at radius 3 is 2.23 bits per heavy atom. The molecule has 2 rings (SSSR count). The predicted molar refractivity (Wildman–Crippen MR) is 126 cm³/mol. The average Bonchev–Trinajstić information content (AvgIpc) is 2.76. The number of hydrogen-bond donors (Lipinski definition) is 4. The summed E-state index contributed by atoms with van der Waals surface area (Å²) < 4.78 is 57.3. The number of carbonyl (C=O) groups excluding carboxylic acids is 1. The molecule has 1 amide bonds. The van der Waals surface area contributed by atoms with Crippen LogP contribution < -0.4 is 26.8 Å². The molecule has 0 bridgehead atoms. The zero-order chi connectivity index (χ0) is 26.4. The molecule has 6 N–H and O–H groups in total. The Labute approximate surface area is 201 Å². The molecule has 0 aliphatic heterocycles. The van der Waals surface area contributed by atoms with Gasteiger partial charge in [0.05, 0.1) is 18.8 Å². The smallest absolute Gasteiger partial charge is 0.416 e. The molecule has 2 aromatic rings. The number of benzene rings is 2. The number of nitrogens with one attached hydrogen (secondary N) is 2. The molecule has 0 aliphatic rings. The minimum absolute atomic E-state index is 0.0196. The highest BCUT2D eigenvalue weighted by Crippen LogP contribution is 2.29. The fraction of sp³-hybridized carbons (Fsp3) is 0.417. The van der Waals surface area contributed by atoms with Crippen molar-refractivity contribution >= 4 is 11.9 Å². The van der Waals surface area contributed by atoms with Crippen LogP contribution in [0.4, 0.5) is 17.6 Å². The van der Waals surface area contributed by atoms with E-state index >= 15 is 0 Å². The van der Waals surface area contributed by atoms with Crippen molar-refractivity contribution < 1.29 is 27.1 Å². The highest BCUT2D eigenvalue weighted by molar-refractivity contribution is 6.02. The number of nitrogens with two attached hydrogens (primary N) is 2. The maximum absolute atomic E-state index is 14.0. The van der Waals surface area contributed by atoms with E-state index in [0.717, 1.165) is 24.3 Å². The lowest BCUT2D eigenvalue weighted by molar-refractivity contribution is -0.137. The number of guanidine groups is 1. The first kappa shape index (κ1) is 28.1. The van der Waals surface area contributed by atoms with Gasteiger partial charge in [0.15, 0.2) is 11.6 Å². The number of rotatable bonds is 7. The number of ether oxygens (including phenoxy) is 1. The van der Waals surface area contributed by atoms with Gasteiger partial charge in [-0.25, -0.2) is 4.39 Å². The summed E-state index contributed by atoms with van der Waals surface area (Å²) in [7, 11) is 1.36. The zero-order valence-corrected chi connectivity index (χ0v) is 20.0. The van der Waals surface area contributed by atoms with Crippen LogP contribution in [0.5, 0.6) is 5.75 Å². The van der Waals surface area contributed by atoms with Crippen LogP contribution in [0.1, 0.15) is 54.7 Å². The molecule has 7 nitrogen and oxygen atoms in total. The molecule has 35 heavy (non-hydrogen) atoms. The molecule has 2 atom stereocenters. The minimum Gasteiger partial charge on any atom is -0.494 e. The van der Waals surface area contributed by atoms with E-state index < -0.39 is 35.7 Å². The van der Waals surface area contributed by atoms with Gasteiger partial charge in [-0.05, 0) is 53.8 Å². The van der Waals surface area contributed by atoms with Gasteiger partial charge in [-0.15, -0.1) is 0 Å². The molecule has 192 valence electrons. The van der Waals surface area contributed by atoms with Gasteiger partial charge in [0.1, 0.15) is 0 Å². The lowest BCUT2D eigenvalue weighted by Crippen LogP contribution is -2.50. The summed E-state index contributed by atoms with van der Waals surface area (Å²) in [6, 6.07) is 7.47. The van der Waals surface area contributed by atoms with Gasteiger partial charge in [-0.1, -0.05) is 26.8 Å². The van der Waals surface area contributed by atoms with Gasteiger partial charge < -0.3 is 26.8 Å². The Kier molecular flexibility index (Phi) is 9.22. The first-order valence-corrected chi connectivity index (χ1v) is 10.8. The van der Waals surface area contributed by atoms with Gasteiger partial charge in [-0.3, -0.25) is 4.79 Å². The lowest BCUT2D eigenvalue weighted by atomic mass is 9.97. The SMILES string of the molecule is COc1ccc(C(N)CC(N)N/C(=N\C(=O)c2ccc(C(F)(F)F)cc2)NCC(C)(C)C)cc1F. The number of amides is 1. The van der Waals surface area contributed by atoms with Crippen molar-refractivity contribution in [3.63, 3.8) is 0 Å². The molecule has 0 fully saturated rings. The van der Waals surface area contributed by atoms with E-state index in [9.17, 15) is 22.4 Å². The maximum Gasteiger partial charge on any atom is 0.416 e. The summed E-state index contributed by atoms with van der Waals surface area (Å²) in [6.45, 7) is 6.30. The predicted octanol–water partition coefficient (Wildman–Crippen LogP) is 3.95. The Morgan fingerprint density at radius 2 is 1.71 bits per heavy atom. The normalized spacial score (nSPS) is 14.3. The van der Waals surface area contributed by atoms with Crippen molar-refractivity contribution in [2.45, 2.75) is 45.6 Å². The summed E-state index contributed by atoms with van der Waals surface area (Å²) in [5.74, 6) is -1.18. The number of carbonyl (C=O) groups is 1. The van der Waals surface area contributed by atoms with Crippen LogP contribution >= 0.6 is 0 Å². The first-order valence-electron chi connectivity index (χ1n) is 10.8. The van der Waals surface area contributed by atoms with E-state index in [-0.39, 0.29) is 29.1 Å². The van der Waals surface area contributed by atoms with Crippen LogP contribution in [-0.4, -0.2) is 31.7 Å². The van der Waals surface area contributed by atoms with Gasteiger partial charge in [-0.2, -0.15) is 18.2 Å². The fourth-order valence-corrected chi connectivity index (χ4v) is 3.00. The molecular weight excluding hydrogens is 466 g/mol. The molecule has 0 aliphatic carbocycles. The van der Waals surface area contributed by atoms with Crippen LogP contribution in [0.3, 0.4) is 0 Å². The van der Waals surface area contributed by atoms with Crippen LogP contribution in [-0.2, 0) is 6.18 Å². The maximum atomic E-state index is 14.0. The van der Waals surface area contributed by atoms with E-state index in [1.54, 1.807) is 6.07 Å². The average molecular weight is 498 g/mol. The first-order chi connectivity index (χ1) is 16.2. The Hall–Kier alpha value is -3.18. The monoisotopic (exact) mass is 497 g/mol. The number of aliphatic imine (C=N–C) groups is 1. The number of alkyl halides is 3. The summed E-state index contributed by atoms with van der Waals surface area (Å²) in [4.78, 5) is 16.6. The van der Waals surface area contributed by atoms with Crippen molar-refractivity contribution in [2.75, 3.05) is 13.7 Å². The molecule has 0 heterocycles. The minimum atomic E-state index is -4.51. The molecule has 0 saturated carbocycles. The fourth-order valence-electron chi connectivity index (χ4n) is 3.00. The molecule has 0 aromatic heterocycles. The summed E-state index contributed by atoms with van der Waals surface area (Å²) >= 11 is 0. The van der Waals surface area contributed by atoms with Crippen LogP contribution in [0.15, 0.2) is 47.5 Å². The zero-order valence-electron chi connectivity index (χ0n) is 20.0. The quantitative estimate of drug-likeness (QED) is 0.199. The third kappa shape index (κ3) is 8.84. The highest BCUT2D eigenvalue weighted by atomic mass is 19.4. The van der Waals surface area contributed by atoms with Crippen molar-refractivity contribution in [3.05, 3.63) is 65.0 Å². The number of methoxy groups -OCH3 is 1.